The molecule has 0 saturated carbocycles. The number of aromatic amines is 1. The maximum Gasteiger partial charge on any atom is 0.416 e. The Morgan fingerprint density at radius 2 is 2.45 bits per heavy atom. The molecule has 0 unspecified atom stereocenters. The Kier molecular flexibility index (Phi) is 2.82. The van der Waals surface area contributed by atoms with Gasteiger partial charge in [0.25, 0.3) is 0 Å². The van der Waals surface area contributed by atoms with Crippen molar-refractivity contribution in [2.24, 2.45) is 0 Å². The summed E-state index contributed by atoms with van der Waals surface area (Å²) >= 11 is 1.75. The van der Waals surface area contributed by atoms with E-state index in [1.807, 2.05) is 0 Å². The molecule has 4 heteroatoms. The number of oxazole rings is 1. The van der Waals surface area contributed by atoms with Crippen molar-refractivity contribution >= 4 is 11.8 Å². The largest absolute Gasteiger partial charge is 0.416 e. The summed E-state index contributed by atoms with van der Waals surface area (Å²) in [6, 6.07) is 0. The molecule has 0 amide bonds. The second-order valence-corrected chi connectivity index (χ2v) is 4.07. The molecule has 1 aromatic rings. The standard InChI is InChI=1S/C7H11NO2S/c1-5(2)11-4-6-3-8-7(9)10-6/h3,5H,4H2,1-2H3,(H,8,9). The molecule has 11 heavy (non-hydrogen) atoms. The fraction of sp³-hybridized carbons (Fsp3) is 0.571. The third kappa shape index (κ3) is 2.84. The van der Waals surface area contributed by atoms with Crippen LogP contribution in [0, 0.1) is 0 Å². The quantitative estimate of drug-likeness (QED) is 0.755. The molecule has 0 aliphatic heterocycles. The van der Waals surface area contributed by atoms with Crippen LogP contribution in [-0.4, -0.2) is 10.2 Å². The van der Waals surface area contributed by atoms with Gasteiger partial charge in [-0.25, -0.2) is 4.79 Å². The molecule has 3 nitrogen and oxygen atoms in total. The summed E-state index contributed by atoms with van der Waals surface area (Å²) < 4.78 is 4.80. The highest BCUT2D eigenvalue weighted by Crippen LogP contribution is 2.14. The predicted molar refractivity (Wildman–Crippen MR) is 45.8 cm³/mol. The molecule has 0 atom stereocenters. The average molecular weight is 173 g/mol. The summed E-state index contributed by atoms with van der Waals surface area (Å²) in [7, 11) is 0. The maximum absolute atomic E-state index is 10.5. The summed E-state index contributed by atoms with van der Waals surface area (Å²) in [5.74, 6) is 1.11. The first-order chi connectivity index (χ1) is 5.18. The molecule has 1 N–H and O–H groups in total. The van der Waals surface area contributed by atoms with Crippen molar-refractivity contribution < 1.29 is 4.42 Å². The summed E-state index contributed by atoms with van der Waals surface area (Å²) in [6.45, 7) is 4.21. The van der Waals surface area contributed by atoms with Crippen molar-refractivity contribution in [2.45, 2.75) is 24.9 Å². The minimum absolute atomic E-state index is 0.371. The number of nitrogens with one attached hydrogen (secondary N) is 1. The first kappa shape index (κ1) is 8.46. The third-order valence-corrected chi connectivity index (χ3v) is 2.25. The predicted octanol–water partition coefficient (Wildman–Crippen LogP) is 1.61. The van der Waals surface area contributed by atoms with Crippen LogP contribution in [0.3, 0.4) is 0 Å². The summed E-state index contributed by atoms with van der Waals surface area (Å²) in [5.41, 5.74) is 0. The molecule has 0 fully saturated rings. The number of H-pyrrole nitrogens is 1. The van der Waals surface area contributed by atoms with Crippen molar-refractivity contribution in [1.82, 2.24) is 4.98 Å². The van der Waals surface area contributed by atoms with Crippen LogP contribution >= 0.6 is 11.8 Å². The van der Waals surface area contributed by atoms with E-state index in [0.717, 1.165) is 5.75 Å². The topological polar surface area (TPSA) is 46.0 Å². The monoisotopic (exact) mass is 173 g/mol. The van der Waals surface area contributed by atoms with Crippen LogP contribution < -0.4 is 5.76 Å². The number of hydrogen-bond donors (Lipinski definition) is 1. The minimum Gasteiger partial charge on any atom is -0.412 e. The van der Waals surface area contributed by atoms with Gasteiger partial charge in [-0.2, -0.15) is 11.8 Å². The highest BCUT2D eigenvalue weighted by atomic mass is 32.2. The Bertz CT molecular complexity index is 263. The molecular weight excluding hydrogens is 162 g/mol. The van der Waals surface area contributed by atoms with Gasteiger partial charge >= 0.3 is 5.76 Å². The van der Waals surface area contributed by atoms with Gasteiger partial charge in [-0.15, -0.1) is 0 Å². The van der Waals surface area contributed by atoms with Crippen LogP contribution in [0.15, 0.2) is 15.4 Å². The highest BCUT2D eigenvalue weighted by molar-refractivity contribution is 7.99. The van der Waals surface area contributed by atoms with Crippen LogP contribution in [0.1, 0.15) is 19.6 Å². The number of thioether (sulfide) groups is 1. The molecule has 0 aliphatic rings. The Morgan fingerprint density at radius 3 is 2.91 bits per heavy atom. The molecule has 1 heterocycles. The normalized spacial score (nSPS) is 10.8. The van der Waals surface area contributed by atoms with Crippen LogP contribution in [0.25, 0.3) is 0 Å². The summed E-state index contributed by atoms with van der Waals surface area (Å²) in [5, 5.41) is 0.565. The van der Waals surface area contributed by atoms with Crippen molar-refractivity contribution in [3.63, 3.8) is 0 Å². The first-order valence-corrected chi connectivity index (χ1v) is 4.52. The van der Waals surface area contributed by atoms with E-state index in [1.54, 1.807) is 18.0 Å². The minimum atomic E-state index is -0.371. The molecule has 0 aliphatic carbocycles. The van der Waals surface area contributed by atoms with Crippen molar-refractivity contribution in [3.8, 4) is 0 Å². The van der Waals surface area contributed by atoms with Crippen LogP contribution in [0.4, 0.5) is 0 Å². The molecule has 0 aromatic carbocycles. The van der Waals surface area contributed by atoms with E-state index in [2.05, 4.69) is 18.8 Å². The molecule has 0 saturated heterocycles. The van der Waals surface area contributed by atoms with E-state index >= 15 is 0 Å². The SMILES string of the molecule is CC(C)SCc1c[nH]c(=O)o1. The third-order valence-electron chi connectivity index (χ3n) is 1.13. The average Bonchev–Trinajstić information content (AvgIpc) is 2.31. The molecule has 0 bridgehead atoms. The zero-order chi connectivity index (χ0) is 8.27. The smallest absolute Gasteiger partial charge is 0.412 e. The molecule has 0 spiro atoms. The Morgan fingerprint density at radius 1 is 1.73 bits per heavy atom. The van der Waals surface area contributed by atoms with Crippen molar-refractivity contribution in [3.05, 3.63) is 22.5 Å². The van der Waals surface area contributed by atoms with E-state index in [0.29, 0.717) is 11.0 Å². The first-order valence-electron chi connectivity index (χ1n) is 3.47. The van der Waals surface area contributed by atoms with E-state index in [1.165, 1.54) is 0 Å². The van der Waals surface area contributed by atoms with Gasteiger partial charge < -0.3 is 4.42 Å². The summed E-state index contributed by atoms with van der Waals surface area (Å²) in [6.07, 6.45) is 1.61. The van der Waals surface area contributed by atoms with Crippen LogP contribution in [0.2, 0.25) is 0 Å². The maximum atomic E-state index is 10.5. The number of aromatic nitrogens is 1. The Labute approximate surface area is 69.2 Å². The fourth-order valence-electron chi connectivity index (χ4n) is 0.637. The van der Waals surface area contributed by atoms with E-state index in [4.69, 9.17) is 4.42 Å². The molecule has 1 aromatic heterocycles. The van der Waals surface area contributed by atoms with Gasteiger partial charge in [0.2, 0.25) is 0 Å². The lowest BCUT2D eigenvalue weighted by Gasteiger charge is -1.99. The summed E-state index contributed by atoms with van der Waals surface area (Å²) in [4.78, 5) is 13.0. The van der Waals surface area contributed by atoms with Crippen LogP contribution in [0.5, 0.6) is 0 Å². The van der Waals surface area contributed by atoms with Crippen LogP contribution in [-0.2, 0) is 5.75 Å². The fourth-order valence-corrected chi connectivity index (χ4v) is 1.28. The van der Waals surface area contributed by atoms with E-state index in [9.17, 15) is 4.79 Å². The second-order valence-electron chi connectivity index (χ2n) is 2.50. The molecule has 62 valence electrons. The molecule has 1 rings (SSSR count). The van der Waals surface area contributed by atoms with Gasteiger partial charge in [0.1, 0.15) is 5.76 Å². The highest BCUT2D eigenvalue weighted by Gasteiger charge is 2.00. The number of rotatable bonds is 3. The Hall–Kier alpha value is -0.640. The van der Waals surface area contributed by atoms with Crippen molar-refractivity contribution in [2.75, 3.05) is 0 Å². The van der Waals surface area contributed by atoms with E-state index in [-0.39, 0.29) is 5.76 Å². The lowest BCUT2D eigenvalue weighted by atomic mass is 10.6. The lowest BCUT2D eigenvalue weighted by Crippen LogP contribution is -1.93. The zero-order valence-corrected chi connectivity index (χ0v) is 7.40. The zero-order valence-electron chi connectivity index (χ0n) is 6.59. The van der Waals surface area contributed by atoms with Gasteiger partial charge in [0.05, 0.1) is 5.75 Å². The number of hydrogen-bond acceptors (Lipinski definition) is 3. The van der Waals surface area contributed by atoms with Crippen molar-refractivity contribution in [1.29, 1.82) is 0 Å². The van der Waals surface area contributed by atoms with Gasteiger partial charge in [0, 0.05) is 6.20 Å². The van der Waals surface area contributed by atoms with E-state index < -0.39 is 0 Å². The van der Waals surface area contributed by atoms with Gasteiger partial charge in [-0.05, 0) is 5.25 Å². The lowest BCUT2D eigenvalue weighted by molar-refractivity contribution is 0.485. The Balaban J connectivity index is 2.45. The van der Waals surface area contributed by atoms with Gasteiger partial charge in [-0.1, -0.05) is 13.8 Å². The second kappa shape index (κ2) is 3.67. The molecule has 0 radical (unpaired) electrons. The van der Waals surface area contributed by atoms with Gasteiger partial charge in [0.15, 0.2) is 0 Å². The van der Waals surface area contributed by atoms with Gasteiger partial charge in [-0.3, -0.25) is 4.98 Å². The molecular formula is C7H11NO2S.